The summed E-state index contributed by atoms with van der Waals surface area (Å²) >= 11 is 0. The maximum atomic E-state index is 5.01. The number of aromatic nitrogens is 3. The minimum atomic E-state index is 0.689. The van der Waals surface area contributed by atoms with Crippen LogP contribution in [0.1, 0.15) is 0 Å². The first kappa shape index (κ1) is 29.0. The van der Waals surface area contributed by atoms with E-state index in [-0.39, 0.29) is 0 Å². The summed E-state index contributed by atoms with van der Waals surface area (Å²) in [4.78, 5) is 14.2. The first-order chi connectivity index (χ1) is 23.8. The minimum absolute atomic E-state index is 0.689. The highest BCUT2D eigenvalue weighted by molar-refractivity contribution is 5.83. The topological polar surface area (TPSA) is 38.7 Å². The van der Waals surface area contributed by atoms with Gasteiger partial charge in [0.1, 0.15) is 0 Å². The van der Waals surface area contributed by atoms with Gasteiger partial charge in [-0.1, -0.05) is 140 Å². The van der Waals surface area contributed by atoms with Gasteiger partial charge in [-0.3, -0.25) is 4.98 Å². The average molecular weight is 614 g/mol. The lowest BCUT2D eigenvalue weighted by atomic mass is 9.92. The van der Waals surface area contributed by atoms with Gasteiger partial charge < -0.3 is 0 Å². The zero-order valence-electron chi connectivity index (χ0n) is 26.2. The van der Waals surface area contributed by atoms with E-state index in [4.69, 9.17) is 9.97 Å². The van der Waals surface area contributed by atoms with Crippen LogP contribution < -0.4 is 0 Å². The molecule has 0 saturated carbocycles. The molecular formula is C45H31N3. The Bertz CT molecular complexity index is 2230. The first-order valence-corrected chi connectivity index (χ1v) is 16.1. The molecule has 3 heteroatoms. The van der Waals surface area contributed by atoms with E-state index in [1.807, 2.05) is 54.7 Å². The summed E-state index contributed by atoms with van der Waals surface area (Å²) in [5.41, 5.74) is 14.1. The quantitative estimate of drug-likeness (QED) is 0.179. The van der Waals surface area contributed by atoms with Gasteiger partial charge in [-0.2, -0.15) is 0 Å². The van der Waals surface area contributed by atoms with Crippen LogP contribution in [0.25, 0.3) is 78.4 Å². The molecule has 48 heavy (non-hydrogen) atoms. The van der Waals surface area contributed by atoms with Crippen molar-refractivity contribution >= 4 is 0 Å². The molecule has 226 valence electrons. The van der Waals surface area contributed by atoms with Crippen molar-refractivity contribution in [2.24, 2.45) is 0 Å². The summed E-state index contributed by atoms with van der Waals surface area (Å²) in [5, 5.41) is 0. The third-order valence-corrected chi connectivity index (χ3v) is 8.59. The van der Waals surface area contributed by atoms with Gasteiger partial charge in [0.05, 0.1) is 11.4 Å². The van der Waals surface area contributed by atoms with E-state index < -0.39 is 0 Å². The van der Waals surface area contributed by atoms with E-state index in [0.717, 1.165) is 39.2 Å². The Morgan fingerprint density at radius 3 is 1.12 bits per heavy atom. The van der Waals surface area contributed by atoms with Crippen molar-refractivity contribution < 1.29 is 0 Å². The smallest absolute Gasteiger partial charge is 0.160 e. The SMILES string of the molecule is c1ccc(-c2ccc(-c3cc(-c4ccccc4)cc(-c4ccc(-c5cc(-c6cccnc6)nc(-c6ccccc6)n5)cc4)c3)cc2)cc1. The van der Waals surface area contributed by atoms with Crippen molar-refractivity contribution in [3.05, 3.63) is 188 Å². The lowest BCUT2D eigenvalue weighted by molar-refractivity contribution is 1.18. The van der Waals surface area contributed by atoms with Crippen LogP contribution in [-0.4, -0.2) is 15.0 Å². The number of pyridine rings is 1. The fourth-order valence-corrected chi connectivity index (χ4v) is 6.05. The van der Waals surface area contributed by atoms with Crippen molar-refractivity contribution in [1.29, 1.82) is 0 Å². The van der Waals surface area contributed by atoms with Crippen LogP contribution in [0.15, 0.2) is 188 Å². The molecule has 0 atom stereocenters. The second-order valence-electron chi connectivity index (χ2n) is 11.8. The summed E-state index contributed by atoms with van der Waals surface area (Å²) in [6.45, 7) is 0. The number of hydrogen-bond acceptors (Lipinski definition) is 3. The Morgan fingerprint density at radius 2 is 0.646 bits per heavy atom. The molecule has 0 aliphatic rings. The molecule has 8 aromatic rings. The summed E-state index contributed by atoms with van der Waals surface area (Å²) < 4.78 is 0. The standard InChI is InChI=1S/C45H31N3/c1-4-11-32(12-5-1)34-18-20-35(21-19-34)41-27-40(33-13-6-2-7-14-33)28-42(29-41)36-22-24-37(25-23-36)43-30-44(39-17-10-26-46-31-39)48-45(47-43)38-15-8-3-9-16-38/h1-31H. The van der Waals surface area contributed by atoms with Gasteiger partial charge in [0.2, 0.25) is 0 Å². The van der Waals surface area contributed by atoms with Crippen LogP contribution in [0.3, 0.4) is 0 Å². The highest BCUT2D eigenvalue weighted by Crippen LogP contribution is 2.35. The molecule has 0 radical (unpaired) electrons. The number of nitrogens with zero attached hydrogens (tertiary/aromatic N) is 3. The molecule has 0 unspecified atom stereocenters. The molecule has 0 saturated heterocycles. The zero-order chi connectivity index (χ0) is 32.1. The Labute approximate surface area is 280 Å². The fraction of sp³-hybridized carbons (Fsp3) is 0. The van der Waals surface area contributed by atoms with E-state index in [1.54, 1.807) is 6.20 Å². The number of rotatable bonds is 7. The Morgan fingerprint density at radius 1 is 0.271 bits per heavy atom. The van der Waals surface area contributed by atoms with Gasteiger partial charge in [-0.15, -0.1) is 0 Å². The van der Waals surface area contributed by atoms with Crippen LogP contribution in [0.2, 0.25) is 0 Å². The molecule has 0 bridgehead atoms. The van der Waals surface area contributed by atoms with E-state index in [0.29, 0.717) is 5.82 Å². The Hall–Kier alpha value is -6.45. The third kappa shape index (κ3) is 6.18. The van der Waals surface area contributed by atoms with E-state index in [2.05, 4.69) is 132 Å². The van der Waals surface area contributed by atoms with Crippen molar-refractivity contribution in [1.82, 2.24) is 15.0 Å². The second-order valence-corrected chi connectivity index (χ2v) is 11.8. The van der Waals surface area contributed by atoms with E-state index in [9.17, 15) is 0 Å². The highest BCUT2D eigenvalue weighted by Gasteiger charge is 2.12. The Kier molecular flexibility index (Phi) is 7.92. The minimum Gasteiger partial charge on any atom is -0.264 e. The predicted octanol–water partition coefficient (Wildman–Crippen LogP) is 11.5. The maximum Gasteiger partial charge on any atom is 0.160 e. The summed E-state index contributed by atoms with van der Waals surface area (Å²) in [5.74, 6) is 0.689. The molecule has 0 fully saturated rings. The van der Waals surface area contributed by atoms with Crippen LogP contribution in [0.4, 0.5) is 0 Å². The van der Waals surface area contributed by atoms with Gasteiger partial charge in [-0.05, 0) is 80.9 Å². The molecule has 3 nitrogen and oxygen atoms in total. The number of hydrogen-bond donors (Lipinski definition) is 0. The predicted molar refractivity (Wildman–Crippen MR) is 198 cm³/mol. The third-order valence-electron chi connectivity index (χ3n) is 8.59. The van der Waals surface area contributed by atoms with E-state index in [1.165, 1.54) is 33.4 Å². The van der Waals surface area contributed by atoms with Gasteiger partial charge in [-0.25, -0.2) is 9.97 Å². The summed E-state index contributed by atoms with van der Waals surface area (Å²) in [6, 6.07) is 61.6. The van der Waals surface area contributed by atoms with Crippen molar-refractivity contribution in [2.75, 3.05) is 0 Å². The largest absolute Gasteiger partial charge is 0.264 e. The monoisotopic (exact) mass is 613 g/mol. The zero-order valence-corrected chi connectivity index (χ0v) is 26.2. The van der Waals surface area contributed by atoms with Gasteiger partial charge in [0, 0.05) is 29.1 Å². The molecule has 2 aromatic heterocycles. The van der Waals surface area contributed by atoms with E-state index >= 15 is 0 Å². The molecule has 0 amide bonds. The van der Waals surface area contributed by atoms with Gasteiger partial charge in [0.15, 0.2) is 5.82 Å². The molecule has 6 aromatic carbocycles. The first-order valence-electron chi connectivity index (χ1n) is 16.1. The Balaban J connectivity index is 1.18. The van der Waals surface area contributed by atoms with Gasteiger partial charge in [0.25, 0.3) is 0 Å². The highest BCUT2D eigenvalue weighted by atomic mass is 14.9. The molecule has 0 aliphatic carbocycles. The molecule has 0 spiro atoms. The van der Waals surface area contributed by atoms with Crippen LogP contribution in [0, 0.1) is 0 Å². The van der Waals surface area contributed by atoms with Crippen molar-refractivity contribution in [3.8, 4) is 78.4 Å². The molecule has 2 heterocycles. The summed E-state index contributed by atoms with van der Waals surface area (Å²) in [6.07, 6.45) is 3.62. The summed E-state index contributed by atoms with van der Waals surface area (Å²) in [7, 11) is 0. The molecule has 0 aliphatic heterocycles. The van der Waals surface area contributed by atoms with Crippen LogP contribution >= 0.6 is 0 Å². The lowest BCUT2D eigenvalue weighted by Gasteiger charge is -2.13. The molecule has 0 N–H and O–H groups in total. The maximum absolute atomic E-state index is 5.01. The normalized spacial score (nSPS) is 10.9. The van der Waals surface area contributed by atoms with Crippen molar-refractivity contribution in [2.45, 2.75) is 0 Å². The van der Waals surface area contributed by atoms with Crippen molar-refractivity contribution in [3.63, 3.8) is 0 Å². The van der Waals surface area contributed by atoms with Crippen LogP contribution in [-0.2, 0) is 0 Å². The van der Waals surface area contributed by atoms with Crippen LogP contribution in [0.5, 0.6) is 0 Å². The average Bonchev–Trinajstić information content (AvgIpc) is 3.19. The fourth-order valence-electron chi connectivity index (χ4n) is 6.05. The lowest BCUT2D eigenvalue weighted by Crippen LogP contribution is -1.96. The van der Waals surface area contributed by atoms with Gasteiger partial charge >= 0.3 is 0 Å². The second kappa shape index (κ2) is 13.1. The molecular weight excluding hydrogens is 583 g/mol. The molecule has 8 rings (SSSR count). The number of benzene rings is 6.